The van der Waals surface area contributed by atoms with Crippen LogP contribution in [0.1, 0.15) is 17.5 Å². The Labute approximate surface area is 128 Å². The molecule has 21 heavy (non-hydrogen) atoms. The van der Waals surface area contributed by atoms with Gasteiger partial charge in [-0.05, 0) is 24.1 Å². The van der Waals surface area contributed by atoms with Crippen LogP contribution in [0.15, 0.2) is 30.6 Å². The van der Waals surface area contributed by atoms with Gasteiger partial charge in [0.05, 0.1) is 18.3 Å². The van der Waals surface area contributed by atoms with Crippen molar-refractivity contribution in [3.8, 4) is 5.75 Å². The lowest BCUT2D eigenvalue weighted by Gasteiger charge is -2.16. The summed E-state index contributed by atoms with van der Waals surface area (Å²) in [5.41, 5.74) is 2.00. The molecule has 0 saturated carbocycles. The summed E-state index contributed by atoms with van der Waals surface area (Å²) in [6.45, 7) is 0.554. The molecule has 0 aliphatic rings. The van der Waals surface area contributed by atoms with Crippen molar-refractivity contribution in [2.24, 2.45) is 0 Å². The second-order valence-corrected chi connectivity index (χ2v) is 5.23. The number of nitrogens with one attached hydrogen (secondary N) is 1. The van der Waals surface area contributed by atoms with Gasteiger partial charge in [-0.1, -0.05) is 17.7 Å². The van der Waals surface area contributed by atoms with Crippen molar-refractivity contribution >= 4 is 17.5 Å². The van der Waals surface area contributed by atoms with E-state index in [4.69, 9.17) is 16.3 Å². The van der Waals surface area contributed by atoms with Gasteiger partial charge in [0.1, 0.15) is 5.75 Å². The fraction of sp³-hybridized carbons (Fsp3) is 0.333. The van der Waals surface area contributed by atoms with Gasteiger partial charge >= 0.3 is 0 Å². The molecule has 112 valence electrons. The molecule has 0 aliphatic carbocycles. The van der Waals surface area contributed by atoms with Crippen molar-refractivity contribution in [2.75, 3.05) is 14.2 Å². The number of methoxy groups -OCH3 is 1. The predicted octanol–water partition coefficient (Wildman–Crippen LogP) is 2.66. The number of ether oxygens (including phenoxy) is 1. The highest BCUT2D eigenvalue weighted by atomic mass is 35.5. The van der Waals surface area contributed by atoms with Gasteiger partial charge in [-0.3, -0.25) is 9.89 Å². The molecule has 5 nitrogen and oxygen atoms in total. The van der Waals surface area contributed by atoms with E-state index in [2.05, 4.69) is 10.2 Å². The van der Waals surface area contributed by atoms with Gasteiger partial charge in [0.15, 0.2) is 0 Å². The fourth-order valence-corrected chi connectivity index (χ4v) is 2.31. The van der Waals surface area contributed by atoms with Crippen LogP contribution in [0.3, 0.4) is 0 Å². The van der Waals surface area contributed by atoms with E-state index in [0.29, 0.717) is 30.2 Å². The molecule has 0 aliphatic heterocycles. The second kappa shape index (κ2) is 7.13. The third-order valence-corrected chi connectivity index (χ3v) is 3.54. The minimum atomic E-state index is 0.0862. The molecule has 2 rings (SSSR count). The Morgan fingerprint density at radius 2 is 2.24 bits per heavy atom. The van der Waals surface area contributed by atoms with Crippen LogP contribution in [0.2, 0.25) is 5.02 Å². The van der Waals surface area contributed by atoms with Crippen LogP contribution in [-0.2, 0) is 17.8 Å². The van der Waals surface area contributed by atoms with Gasteiger partial charge in [-0.25, -0.2) is 0 Å². The third kappa shape index (κ3) is 4.23. The zero-order chi connectivity index (χ0) is 15.2. The molecule has 1 heterocycles. The summed E-state index contributed by atoms with van der Waals surface area (Å²) in [7, 11) is 3.37. The van der Waals surface area contributed by atoms with Gasteiger partial charge in [-0.2, -0.15) is 5.10 Å². The van der Waals surface area contributed by atoms with E-state index in [1.807, 2.05) is 18.2 Å². The number of nitrogens with zero attached hydrogens (tertiary/aromatic N) is 2. The van der Waals surface area contributed by atoms with E-state index in [0.717, 1.165) is 11.1 Å². The minimum absolute atomic E-state index is 0.0862. The first-order valence-electron chi connectivity index (χ1n) is 6.64. The fourth-order valence-electron chi connectivity index (χ4n) is 2.03. The molecule has 0 spiro atoms. The van der Waals surface area contributed by atoms with E-state index >= 15 is 0 Å². The maximum absolute atomic E-state index is 12.1. The first-order valence-corrected chi connectivity index (χ1v) is 7.02. The van der Waals surface area contributed by atoms with E-state index in [9.17, 15) is 4.79 Å². The molecule has 0 fully saturated rings. The topological polar surface area (TPSA) is 58.2 Å². The zero-order valence-corrected chi connectivity index (χ0v) is 12.9. The molecule has 1 aromatic carbocycles. The second-order valence-electron chi connectivity index (χ2n) is 4.83. The highest BCUT2D eigenvalue weighted by Gasteiger charge is 2.10. The number of rotatable bonds is 6. The Morgan fingerprint density at radius 1 is 1.43 bits per heavy atom. The summed E-state index contributed by atoms with van der Waals surface area (Å²) < 4.78 is 5.11. The molecule has 0 saturated heterocycles. The molecular weight excluding hydrogens is 290 g/mol. The number of amides is 1. The van der Waals surface area contributed by atoms with Gasteiger partial charge in [0.25, 0.3) is 0 Å². The lowest BCUT2D eigenvalue weighted by molar-refractivity contribution is -0.130. The first-order chi connectivity index (χ1) is 10.1. The number of hydrogen-bond acceptors (Lipinski definition) is 3. The van der Waals surface area contributed by atoms with Crippen LogP contribution in [0.4, 0.5) is 0 Å². The number of aromatic nitrogens is 2. The number of benzene rings is 1. The third-order valence-electron chi connectivity index (χ3n) is 3.24. The summed E-state index contributed by atoms with van der Waals surface area (Å²) in [6, 6.07) is 5.58. The van der Waals surface area contributed by atoms with Crippen LogP contribution in [0.25, 0.3) is 0 Å². The SMILES string of the molecule is COc1ccc(CCC(=O)N(C)Cc2cn[nH]c2)cc1Cl. The van der Waals surface area contributed by atoms with Crippen LogP contribution < -0.4 is 4.74 Å². The largest absolute Gasteiger partial charge is 0.495 e. The molecular formula is C15H18ClN3O2. The zero-order valence-electron chi connectivity index (χ0n) is 12.1. The molecule has 1 aromatic heterocycles. The molecule has 2 aromatic rings. The van der Waals surface area contributed by atoms with Crippen LogP contribution in [0, 0.1) is 0 Å². The van der Waals surface area contributed by atoms with Crippen molar-refractivity contribution in [2.45, 2.75) is 19.4 Å². The Hall–Kier alpha value is -2.01. The van der Waals surface area contributed by atoms with E-state index in [1.165, 1.54) is 0 Å². The van der Waals surface area contributed by atoms with Crippen molar-refractivity contribution in [1.29, 1.82) is 0 Å². The molecule has 1 amide bonds. The molecule has 0 atom stereocenters. The number of aromatic amines is 1. The van der Waals surface area contributed by atoms with Gasteiger partial charge in [0.2, 0.25) is 5.91 Å². The maximum atomic E-state index is 12.1. The summed E-state index contributed by atoms with van der Waals surface area (Å²) in [5, 5.41) is 7.16. The maximum Gasteiger partial charge on any atom is 0.222 e. The minimum Gasteiger partial charge on any atom is -0.495 e. The van der Waals surface area contributed by atoms with Crippen molar-refractivity contribution in [3.05, 3.63) is 46.7 Å². The van der Waals surface area contributed by atoms with E-state index in [-0.39, 0.29) is 5.91 Å². The van der Waals surface area contributed by atoms with Gasteiger partial charge in [0, 0.05) is 31.8 Å². The highest BCUT2D eigenvalue weighted by Crippen LogP contribution is 2.25. The van der Waals surface area contributed by atoms with E-state index in [1.54, 1.807) is 31.5 Å². The Kier molecular flexibility index (Phi) is 5.22. The standard InChI is InChI=1S/C15H18ClN3O2/c1-19(10-12-8-17-18-9-12)15(20)6-4-11-3-5-14(21-2)13(16)7-11/h3,5,7-9H,4,6,10H2,1-2H3,(H,17,18). The average Bonchev–Trinajstić information content (AvgIpc) is 2.97. The van der Waals surface area contributed by atoms with Crippen LogP contribution >= 0.6 is 11.6 Å². The van der Waals surface area contributed by atoms with Crippen LogP contribution in [-0.4, -0.2) is 35.2 Å². The predicted molar refractivity (Wildman–Crippen MR) is 81.4 cm³/mol. The van der Waals surface area contributed by atoms with Crippen molar-refractivity contribution in [3.63, 3.8) is 0 Å². The molecule has 1 N–H and O–H groups in total. The lowest BCUT2D eigenvalue weighted by Crippen LogP contribution is -2.26. The van der Waals surface area contributed by atoms with Gasteiger partial charge in [-0.15, -0.1) is 0 Å². The Balaban J connectivity index is 1.87. The summed E-state index contributed by atoms with van der Waals surface area (Å²) in [4.78, 5) is 13.8. The number of carbonyl (C=O) groups is 1. The Morgan fingerprint density at radius 3 is 2.86 bits per heavy atom. The van der Waals surface area contributed by atoms with Crippen LogP contribution in [0.5, 0.6) is 5.75 Å². The molecule has 0 unspecified atom stereocenters. The van der Waals surface area contributed by atoms with Gasteiger partial charge < -0.3 is 9.64 Å². The van der Waals surface area contributed by atoms with E-state index < -0.39 is 0 Å². The number of carbonyl (C=O) groups excluding carboxylic acids is 1. The monoisotopic (exact) mass is 307 g/mol. The number of aryl methyl sites for hydroxylation is 1. The quantitative estimate of drug-likeness (QED) is 0.892. The normalized spacial score (nSPS) is 10.4. The molecule has 0 bridgehead atoms. The lowest BCUT2D eigenvalue weighted by atomic mass is 10.1. The van der Waals surface area contributed by atoms with Crippen molar-refractivity contribution < 1.29 is 9.53 Å². The molecule has 6 heteroatoms. The highest BCUT2D eigenvalue weighted by molar-refractivity contribution is 6.32. The first kappa shape index (κ1) is 15.4. The average molecular weight is 308 g/mol. The smallest absolute Gasteiger partial charge is 0.222 e. The number of hydrogen-bond donors (Lipinski definition) is 1. The number of H-pyrrole nitrogens is 1. The summed E-state index contributed by atoms with van der Waals surface area (Å²) in [6.07, 6.45) is 4.59. The number of halogens is 1. The Bertz CT molecular complexity index is 599. The summed E-state index contributed by atoms with van der Waals surface area (Å²) >= 11 is 6.07. The molecule has 0 radical (unpaired) electrons. The summed E-state index contributed by atoms with van der Waals surface area (Å²) in [5.74, 6) is 0.729. The van der Waals surface area contributed by atoms with Crippen molar-refractivity contribution in [1.82, 2.24) is 15.1 Å².